The molecule has 1 aromatic carbocycles. The Kier molecular flexibility index (Phi) is 8.93. The van der Waals surface area contributed by atoms with E-state index in [0.29, 0.717) is 32.1 Å². The minimum absolute atomic E-state index is 0.0324. The van der Waals surface area contributed by atoms with E-state index < -0.39 is 6.03 Å². The molecular formula is C27H37FN4O4. The van der Waals surface area contributed by atoms with Gasteiger partial charge in [0.25, 0.3) is 0 Å². The van der Waals surface area contributed by atoms with Crippen molar-refractivity contribution in [2.75, 3.05) is 13.1 Å². The van der Waals surface area contributed by atoms with Crippen LogP contribution in [0.5, 0.6) is 0 Å². The first kappa shape index (κ1) is 26.1. The molecule has 5 amide bonds. The minimum atomic E-state index is -0.421. The third-order valence-corrected chi connectivity index (χ3v) is 7.66. The molecule has 1 saturated heterocycles. The largest absolute Gasteiger partial charge is 0.353 e. The molecule has 1 aliphatic heterocycles. The van der Waals surface area contributed by atoms with Crippen LogP contribution in [0.3, 0.4) is 0 Å². The van der Waals surface area contributed by atoms with Gasteiger partial charge in [0.1, 0.15) is 12.4 Å². The summed E-state index contributed by atoms with van der Waals surface area (Å²) in [7, 11) is 0. The number of hydrogen-bond donors (Lipinski definition) is 2. The van der Waals surface area contributed by atoms with Crippen molar-refractivity contribution in [2.24, 2.45) is 5.92 Å². The van der Waals surface area contributed by atoms with Gasteiger partial charge in [0, 0.05) is 31.6 Å². The summed E-state index contributed by atoms with van der Waals surface area (Å²) in [6.45, 7) is 0.376. The van der Waals surface area contributed by atoms with Crippen LogP contribution in [-0.4, -0.2) is 58.7 Å². The third kappa shape index (κ3) is 6.62. The molecule has 36 heavy (non-hydrogen) atoms. The highest BCUT2D eigenvalue weighted by Gasteiger charge is 2.47. The molecular weight excluding hydrogens is 463 g/mol. The lowest BCUT2D eigenvalue weighted by Crippen LogP contribution is -2.63. The molecule has 196 valence electrons. The number of rotatable bonds is 10. The molecule has 0 radical (unpaired) electrons. The van der Waals surface area contributed by atoms with Gasteiger partial charge in [-0.05, 0) is 56.2 Å². The average molecular weight is 501 g/mol. The fraction of sp³-hybridized carbons (Fsp3) is 0.630. The maximum atomic E-state index is 13.3. The molecule has 3 aliphatic rings. The van der Waals surface area contributed by atoms with Crippen molar-refractivity contribution in [3.63, 3.8) is 0 Å². The molecule has 4 rings (SSSR count). The molecule has 9 heteroatoms. The molecule has 0 aromatic heterocycles. The average Bonchev–Trinajstić information content (AvgIpc) is 3.38. The van der Waals surface area contributed by atoms with Crippen LogP contribution in [0.4, 0.5) is 9.18 Å². The number of nitrogens with one attached hydrogen (secondary N) is 2. The second-order valence-electron chi connectivity index (χ2n) is 10.3. The number of carbonyl (C=O) groups excluding carboxylic acids is 4. The molecule has 3 fully saturated rings. The second-order valence-corrected chi connectivity index (χ2v) is 10.3. The van der Waals surface area contributed by atoms with Gasteiger partial charge in [-0.3, -0.25) is 19.3 Å². The third-order valence-electron chi connectivity index (χ3n) is 7.66. The number of fused-ring (bicyclic) bond motifs is 1. The van der Waals surface area contributed by atoms with Crippen LogP contribution in [0.15, 0.2) is 24.3 Å². The number of amides is 5. The van der Waals surface area contributed by atoms with Gasteiger partial charge >= 0.3 is 6.03 Å². The van der Waals surface area contributed by atoms with Gasteiger partial charge in [-0.15, -0.1) is 0 Å². The molecule has 2 N–H and O–H groups in total. The number of benzene rings is 1. The quantitative estimate of drug-likeness (QED) is 0.481. The molecule has 1 heterocycles. The Balaban J connectivity index is 1.30. The number of hydrogen-bond acceptors (Lipinski definition) is 4. The summed E-state index contributed by atoms with van der Waals surface area (Å²) >= 11 is 0. The summed E-state index contributed by atoms with van der Waals surface area (Å²) in [5.74, 6) is -1.05. The predicted molar refractivity (Wildman–Crippen MR) is 132 cm³/mol. The second kappa shape index (κ2) is 12.3. The van der Waals surface area contributed by atoms with Gasteiger partial charge < -0.3 is 15.5 Å². The lowest BCUT2D eigenvalue weighted by molar-refractivity contribution is -0.142. The molecule has 0 spiro atoms. The van der Waals surface area contributed by atoms with Crippen molar-refractivity contribution < 1.29 is 23.6 Å². The van der Waals surface area contributed by atoms with Crippen molar-refractivity contribution in [2.45, 2.75) is 89.3 Å². The number of unbranched alkanes of at least 4 members (excludes halogenated alkanes) is 1. The summed E-state index contributed by atoms with van der Waals surface area (Å²) in [6.07, 6.45) is 9.21. The highest BCUT2D eigenvalue weighted by molar-refractivity contribution is 6.00. The van der Waals surface area contributed by atoms with Crippen LogP contribution in [-0.2, 0) is 20.9 Å². The van der Waals surface area contributed by atoms with Crippen molar-refractivity contribution in [1.82, 2.24) is 20.4 Å². The van der Waals surface area contributed by atoms with E-state index in [9.17, 15) is 23.6 Å². The first-order chi connectivity index (χ1) is 17.4. The van der Waals surface area contributed by atoms with Crippen molar-refractivity contribution in [3.05, 3.63) is 35.6 Å². The molecule has 2 atom stereocenters. The lowest BCUT2D eigenvalue weighted by Gasteiger charge is -2.46. The van der Waals surface area contributed by atoms with Crippen LogP contribution in [0.1, 0.15) is 76.2 Å². The zero-order valence-electron chi connectivity index (χ0n) is 20.8. The van der Waals surface area contributed by atoms with E-state index in [1.165, 1.54) is 17.0 Å². The maximum Gasteiger partial charge on any atom is 0.327 e. The number of imide groups is 1. The van der Waals surface area contributed by atoms with E-state index in [1.807, 2.05) is 0 Å². The van der Waals surface area contributed by atoms with E-state index in [0.717, 1.165) is 44.1 Å². The summed E-state index contributed by atoms with van der Waals surface area (Å²) in [4.78, 5) is 54.2. The van der Waals surface area contributed by atoms with Gasteiger partial charge in [-0.25, -0.2) is 9.18 Å². The molecule has 2 aliphatic carbocycles. The standard InChI is InChI=1S/C27H37FN4O4/c28-20-14-12-19(13-15-20)17-29-25(34)18-32-23-10-4-3-9-22(23)26(35)31(27(32)36)16-6-5-11-24(33)30-21-7-1-2-8-21/h12-15,21-23H,1-11,16-18H2,(H,29,34)(H,30,33). The van der Waals surface area contributed by atoms with Gasteiger partial charge in [-0.1, -0.05) is 37.8 Å². The zero-order chi connectivity index (χ0) is 25.5. The first-order valence-corrected chi connectivity index (χ1v) is 13.3. The van der Waals surface area contributed by atoms with E-state index in [-0.39, 0.29) is 61.2 Å². The van der Waals surface area contributed by atoms with Gasteiger partial charge in [0.05, 0.1) is 5.92 Å². The highest BCUT2D eigenvalue weighted by atomic mass is 19.1. The van der Waals surface area contributed by atoms with Crippen LogP contribution in [0.25, 0.3) is 0 Å². The van der Waals surface area contributed by atoms with Crippen LogP contribution in [0.2, 0.25) is 0 Å². The molecule has 0 bridgehead atoms. The van der Waals surface area contributed by atoms with Crippen molar-refractivity contribution in [3.8, 4) is 0 Å². The monoisotopic (exact) mass is 500 g/mol. The Morgan fingerprint density at radius 3 is 2.36 bits per heavy atom. The minimum Gasteiger partial charge on any atom is -0.353 e. The number of urea groups is 1. The molecule has 8 nitrogen and oxygen atoms in total. The Morgan fingerprint density at radius 1 is 0.917 bits per heavy atom. The number of carbonyl (C=O) groups is 4. The number of halogens is 1. The Bertz CT molecular complexity index is 948. The fourth-order valence-electron chi connectivity index (χ4n) is 5.69. The summed E-state index contributed by atoms with van der Waals surface area (Å²) < 4.78 is 13.1. The predicted octanol–water partition coefficient (Wildman–Crippen LogP) is 3.49. The van der Waals surface area contributed by atoms with E-state index >= 15 is 0 Å². The lowest BCUT2D eigenvalue weighted by atomic mass is 9.81. The van der Waals surface area contributed by atoms with Crippen LogP contribution < -0.4 is 10.6 Å². The molecule has 2 saturated carbocycles. The zero-order valence-corrected chi connectivity index (χ0v) is 20.8. The van der Waals surface area contributed by atoms with Gasteiger partial charge in [0.15, 0.2) is 0 Å². The molecule has 2 unspecified atom stereocenters. The van der Waals surface area contributed by atoms with Crippen molar-refractivity contribution in [1.29, 1.82) is 0 Å². The Hall–Kier alpha value is -2.97. The first-order valence-electron chi connectivity index (χ1n) is 13.3. The van der Waals surface area contributed by atoms with Gasteiger partial charge in [-0.2, -0.15) is 0 Å². The fourth-order valence-corrected chi connectivity index (χ4v) is 5.69. The van der Waals surface area contributed by atoms with E-state index in [2.05, 4.69) is 10.6 Å². The summed E-state index contributed by atoms with van der Waals surface area (Å²) in [6, 6.07) is 5.49. The van der Waals surface area contributed by atoms with Gasteiger partial charge in [0.2, 0.25) is 17.7 Å². The van der Waals surface area contributed by atoms with Crippen LogP contribution in [0, 0.1) is 11.7 Å². The van der Waals surface area contributed by atoms with E-state index in [4.69, 9.17) is 0 Å². The maximum absolute atomic E-state index is 13.3. The van der Waals surface area contributed by atoms with Crippen molar-refractivity contribution >= 4 is 23.8 Å². The highest BCUT2D eigenvalue weighted by Crippen LogP contribution is 2.34. The SMILES string of the molecule is O=C(CN1C(=O)N(CCCCC(=O)NC2CCCC2)C(=O)C2CCCCC21)NCc1ccc(F)cc1. The summed E-state index contributed by atoms with van der Waals surface area (Å²) in [5.41, 5.74) is 0.763. The van der Waals surface area contributed by atoms with Crippen LogP contribution >= 0.6 is 0 Å². The Labute approximate surface area is 212 Å². The normalized spacial score (nSPS) is 22.5. The van der Waals surface area contributed by atoms with E-state index in [1.54, 1.807) is 17.0 Å². The smallest absolute Gasteiger partial charge is 0.327 e. The number of nitrogens with zero attached hydrogens (tertiary/aromatic N) is 2. The Morgan fingerprint density at radius 2 is 1.61 bits per heavy atom. The topological polar surface area (TPSA) is 98.8 Å². The molecule has 1 aromatic rings. The summed E-state index contributed by atoms with van der Waals surface area (Å²) in [5, 5.41) is 5.87.